The Labute approximate surface area is 198 Å². The quantitative estimate of drug-likeness (QED) is 0.258. The van der Waals surface area contributed by atoms with Crippen molar-refractivity contribution >= 4 is 11.6 Å². The summed E-state index contributed by atoms with van der Waals surface area (Å²) < 4.78 is 17.9. The molecule has 3 fully saturated rings. The van der Waals surface area contributed by atoms with Gasteiger partial charge in [0.25, 0.3) is 0 Å². The van der Waals surface area contributed by atoms with Crippen LogP contribution in [0.4, 0.5) is 0 Å². The van der Waals surface area contributed by atoms with Gasteiger partial charge in [0.05, 0.1) is 24.3 Å². The van der Waals surface area contributed by atoms with Crippen molar-refractivity contribution in [3.05, 3.63) is 34.9 Å². The summed E-state index contributed by atoms with van der Waals surface area (Å²) in [5, 5.41) is 54.5. The van der Waals surface area contributed by atoms with Gasteiger partial charge in [-0.3, -0.25) is 0 Å². The molecule has 2 aliphatic heterocycles. The van der Waals surface area contributed by atoms with E-state index in [1.54, 1.807) is 27.1 Å². The molecule has 0 aromatic heterocycles. The molecule has 7 N–H and O–H groups in total. The second-order valence-corrected chi connectivity index (χ2v) is 9.61. The van der Waals surface area contributed by atoms with E-state index in [4.69, 9.17) is 25.8 Å². The van der Waals surface area contributed by atoms with Crippen LogP contribution in [0.3, 0.4) is 0 Å². The molecule has 0 radical (unpaired) electrons. The van der Waals surface area contributed by atoms with Crippen LogP contribution in [0, 0.1) is 0 Å². The Bertz CT molecular complexity index is 837. The van der Waals surface area contributed by atoms with E-state index in [1.807, 2.05) is 18.2 Å². The zero-order valence-electron chi connectivity index (χ0n) is 18.9. The molecule has 4 rings (SSSR count). The molecule has 3 aliphatic rings. The van der Waals surface area contributed by atoms with Crippen molar-refractivity contribution in [1.29, 1.82) is 0 Å². The number of aliphatic hydroxyl groups excluding tert-OH is 2. The van der Waals surface area contributed by atoms with E-state index in [1.165, 1.54) is 0 Å². The lowest BCUT2D eigenvalue weighted by molar-refractivity contribution is -0.482. The van der Waals surface area contributed by atoms with Crippen LogP contribution in [-0.2, 0) is 20.8 Å². The first-order valence-corrected chi connectivity index (χ1v) is 11.6. The normalized spacial score (nSPS) is 45.3. The van der Waals surface area contributed by atoms with Crippen LogP contribution in [-0.4, -0.2) is 101 Å². The number of halogens is 1. The van der Waals surface area contributed by atoms with Crippen LogP contribution < -0.4 is 16.0 Å². The molecule has 1 aliphatic carbocycles. The van der Waals surface area contributed by atoms with Gasteiger partial charge in [-0.25, -0.2) is 0 Å². The third-order valence-corrected chi connectivity index (χ3v) is 7.41. The maximum Gasteiger partial charge on any atom is 0.249 e. The molecule has 2 heterocycles. The summed E-state index contributed by atoms with van der Waals surface area (Å²) in [7, 11) is 3.28. The predicted octanol–water partition coefficient (Wildman–Crippen LogP) is -1.32. The van der Waals surface area contributed by atoms with E-state index < -0.39 is 60.3 Å². The Morgan fingerprint density at radius 2 is 1.73 bits per heavy atom. The molecule has 0 bridgehead atoms. The van der Waals surface area contributed by atoms with Gasteiger partial charge in [0.2, 0.25) is 12.1 Å². The van der Waals surface area contributed by atoms with Crippen molar-refractivity contribution < 1.29 is 34.6 Å². The van der Waals surface area contributed by atoms with Crippen LogP contribution in [0.1, 0.15) is 18.9 Å². The summed E-state index contributed by atoms with van der Waals surface area (Å²) in [5.74, 6) is -2.24. The molecule has 11 heteroatoms. The fraction of sp³-hybridized carbons (Fsp3) is 0.727. The predicted molar refractivity (Wildman–Crippen MR) is 119 cm³/mol. The minimum absolute atomic E-state index is 0.0336. The molecule has 186 valence electrons. The highest BCUT2D eigenvalue weighted by molar-refractivity contribution is 6.31. The Morgan fingerprint density at radius 3 is 2.39 bits per heavy atom. The fourth-order valence-electron chi connectivity index (χ4n) is 5.27. The third-order valence-electron chi connectivity index (χ3n) is 7.04. The molecule has 10 atom stereocenters. The van der Waals surface area contributed by atoms with Gasteiger partial charge < -0.3 is 50.6 Å². The van der Waals surface area contributed by atoms with Crippen molar-refractivity contribution in [3.63, 3.8) is 0 Å². The number of aliphatic hydroxyl groups is 4. The Balaban J connectivity index is 1.57. The molecule has 0 amide bonds. The number of fused-ring (bicyclic) bond motifs is 2. The summed E-state index contributed by atoms with van der Waals surface area (Å²) >= 11 is 6.23. The van der Waals surface area contributed by atoms with Gasteiger partial charge in [-0.1, -0.05) is 29.8 Å². The highest BCUT2D eigenvalue weighted by Gasteiger charge is 2.68. The lowest BCUT2D eigenvalue weighted by Gasteiger charge is -2.60. The van der Waals surface area contributed by atoms with Gasteiger partial charge in [-0.15, -0.1) is 0 Å². The molecule has 1 saturated carbocycles. The lowest BCUT2D eigenvalue weighted by atomic mass is 9.77. The number of benzene rings is 1. The highest BCUT2D eigenvalue weighted by atomic mass is 35.5. The second kappa shape index (κ2) is 9.63. The summed E-state index contributed by atoms with van der Waals surface area (Å²) in [6.07, 6.45) is -5.72. The van der Waals surface area contributed by atoms with Crippen molar-refractivity contribution in [2.45, 2.75) is 80.2 Å². The van der Waals surface area contributed by atoms with E-state index in [9.17, 15) is 20.4 Å². The highest BCUT2D eigenvalue weighted by Crippen LogP contribution is 2.46. The molecule has 1 aromatic rings. The first-order valence-electron chi connectivity index (χ1n) is 11.2. The zero-order valence-corrected chi connectivity index (χ0v) is 19.7. The van der Waals surface area contributed by atoms with Gasteiger partial charge >= 0.3 is 0 Å². The van der Waals surface area contributed by atoms with Crippen molar-refractivity contribution in [3.8, 4) is 0 Å². The summed E-state index contributed by atoms with van der Waals surface area (Å²) in [4.78, 5) is 0. The number of hydrogen-bond acceptors (Lipinski definition) is 10. The third kappa shape index (κ3) is 4.32. The van der Waals surface area contributed by atoms with Crippen molar-refractivity contribution in [2.24, 2.45) is 0 Å². The molecule has 33 heavy (non-hydrogen) atoms. The van der Waals surface area contributed by atoms with Crippen LogP contribution in [0.25, 0.3) is 0 Å². The monoisotopic (exact) mass is 487 g/mol. The number of hydrogen-bond donors (Lipinski definition) is 7. The Kier molecular flexibility index (Phi) is 7.36. The number of rotatable bonds is 6. The number of nitrogens with one attached hydrogen (secondary N) is 3. The van der Waals surface area contributed by atoms with Gasteiger partial charge in [0.15, 0.2) is 0 Å². The molecule has 1 aromatic carbocycles. The molecular formula is C22H34ClN3O7. The van der Waals surface area contributed by atoms with Gasteiger partial charge in [0, 0.05) is 24.5 Å². The van der Waals surface area contributed by atoms with E-state index in [2.05, 4.69) is 16.0 Å². The van der Waals surface area contributed by atoms with Crippen LogP contribution in [0.15, 0.2) is 24.3 Å². The van der Waals surface area contributed by atoms with Crippen LogP contribution in [0.2, 0.25) is 5.02 Å². The topological polar surface area (TPSA) is 145 Å². The van der Waals surface area contributed by atoms with Gasteiger partial charge in [-0.2, -0.15) is 0 Å². The average molecular weight is 488 g/mol. The minimum atomic E-state index is -2.24. The summed E-state index contributed by atoms with van der Waals surface area (Å²) in [6, 6.07) is 5.99. The standard InChI is InChI=1S/C22H34ClN3O7/c1-11-8-21(29,10-26-9-12-6-4-5-7-13(12)23)22(30)20(31-11)32-19-17(28)14(24-2)16(27)15(25-3)18(19)33-22/h4-7,11,14-20,24-30H,8-10H2,1-3H3/t11-,14-,15+,16+,17+,18?,19?,20+,21-,22-/m1/s1. The van der Waals surface area contributed by atoms with Gasteiger partial charge in [-0.05, 0) is 32.6 Å². The first kappa shape index (κ1) is 25.2. The molecule has 2 unspecified atom stereocenters. The van der Waals surface area contributed by atoms with Crippen LogP contribution in [0.5, 0.6) is 0 Å². The zero-order chi connectivity index (χ0) is 24.0. The van der Waals surface area contributed by atoms with Crippen molar-refractivity contribution in [1.82, 2.24) is 16.0 Å². The maximum absolute atomic E-state index is 11.6. The van der Waals surface area contributed by atoms with Gasteiger partial charge in [0.1, 0.15) is 23.9 Å². The number of likely N-dealkylation sites (N-methyl/N-ethyl adjacent to an activating group) is 2. The number of ether oxygens (including phenoxy) is 3. The summed E-state index contributed by atoms with van der Waals surface area (Å²) in [5.41, 5.74) is -0.936. The summed E-state index contributed by atoms with van der Waals surface area (Å²) in [6.45, 7) is 2.10. The molecule has 10 nitrogen and oxygen atoms in total. The Hall–Kier alpha value is -0.890. The van der Waals surface area contributed by atoms with Crippen LogP contribution >= 0.6 is 11.6 Å². The smallest absolute Gasteiger partial charge is 0.249 e. The maximum atomic E-state index is 11.6. The van der Waals surface area contributed by atoms with E-state index in [0.717, 1.165) is 5.56 Å². The fourth-order valence-corrected chi connectivity index (χ4v) is 5.48. The van der Waals surface area contributed by atoms with E-state index in [0.29, 0.717) is 11.6 Å². The minimum Gasteiger partial charge on any atom is -0.390 e. The van der Waals surface area contributed by atoms with E-state index in [-0.39, 0.29) is 13.0 Å². The average Bonchev–Trinajstić information content (AvgIpc) is 2.76. The largest absolute Gasteiger partial charge is 0.390 e. The second-order valence-electron chi connectivity index (χ2n) is 9.20. The first-order chi connectivity index (χ1) is 15.6. The SMILES string of the molecule is CN[C@@H]1[C@H](O)[C@H](NC)C2O[C@]3(O)[C@H](OC2[C@H]1O)O[C@H](C)C[C@@]3(O)CNCc1ccccc1Cl. The lowest BCUT2D eigenvalue weighted by Crippen LogP contribution is -2.81. The van der Waals surface area contributed by atoms with Crippen molar-refractivity contribution in [2.75, 3.05) is 20.6 Å². The Morgan fingerprint density at radius 1 is 1.03 bits per heavy atom. The molecule has 0 spiro atoms. The molecule has 2 saturated heterocycles. The van der Waals surface area contributed by atoms with E-state index >= 15 is 0 Å². The molecular weight excluding hydrogens is 454 g/mol.